The van der Waals surface area contributed by atoms with Crippen LogP contribution in [0.4, 0.5) is 5.69 Å². The smallest absolute Gasteiger partial charge is 0.255 e. The van der Waals surface area contributed by atoms with E-state index in [2.05, 4.69) is 53.1 Å². The predicted molar refractivity (Wildman–Crippen MR) is 88.7 cm³/mol. The molecule has 0 atom stereocenters. The molecule has 1 amide bonds. The predicted octanol–water partition coefficient (Wildman–Crippen LogP) is 5.53. The molecule has 2 nitrogen and oxygen atoms in total. The lowest BCUT2D eigenvalue weighted by molar-refractivity contribution is 0.102. The van der Waals surface area contributed by atoms with Gasteiger partial charge in [-0.2, -0.15) is 0 Å². The minimum absolute atomic E-state index is 0.145. The molecular weight excluding hydrogens is 438 g/mol. The fourth-order valence-corrected chi connectivity index (χ4v) is 3.11. The molecule has 0 heterocycles. The third kappa shape index (κ3) is 3.46. The van der Waals surface area contributed by atoms with Gasteiger partial charge in [0.1, 0.15) is 0 Å². The summed E-state index contributed by atoms with van der Waals surface area (Å²) in [6.07, 6.45) is 0. The number of rotatable bonds is 2. The molecule has 0 aliphatic rings. The third-order valence-electron chi connectivity index (χ3n) is 2.64. The zero-order valence-electron chi connectivity index (χ0n) is 10.0. The Bertz CT molecular complexity index is 620. The van der Waals surface area contributed by atoms with Crippen LogP contribution in [-0.4, -0.2) is 5.91 Å². The molecule has 0 bridgehead atoms. The van der Waals surface area contributed by atoms with Gasteiger partial charge in [-0.3, -0.25) is 4.79 Å². The van der Waals surface area contributed by atoms with Gasteiger partial charge in [0.2, 0.25) is 0 Å². The van der Waals surface area contributed by atoms with E-state index in [0.717, 1.165) is 24.7 Å². The second kappa shape index (κ2) is 6.20. The highest BCUT2D eigenvalue weighted by Crippen LogP contribution is 2.31. The molecule has 0 fully saturated rings. The van der Waals surface area contributed by atoms with Crippen molar-refractivity contribution in [2.24, 2.45) is 0 Å². The van der Waals surface area contributed by atoms with E-state index in [4.69, 9.17) is 0 Å². The lowest BCUT2D eigenvalue weighted by Crippen LogP contribution is -2.12. The molecule has 19 heavy (non-hydrogen) atoms. The molecule has 98 valence electrons. The molecule has 0 radical (unpaired) electrons. The number of benzene rings is 2. The second-order valence-electron chi connectivity index (χ2n) is 4.01. The first kappa shape index (κ1) is 14.8. The number of hydrogen-bond donors (Lipinski definition) is 1. The highest BCUT2D eigenvalue weighted by molar-refractivity contribution is 9.11. The number of amides is 1. The van der Waals surface area contributed by atoms with Crippen molar-refractivity contribution < 1.29 is 4.79 Å². The van der Waals surface area contributed by atoms with Crippen molar-refractivity contribution in [3.8, 4) is 0 Å². The highest BCUT2D eigenvalue weighted by Gasteiger charge is 2.11. The minimum atomic E-state index is -0.145. The van der Waals surface area contributed by atoms with E-state index in [9.17, 15) is 4.79 Å². The van der Waals surface area contributed by atoms with E-state index < -0.39 is 0 Å². The average Bonchev–Trinajstić information content (AvgIpc) is 2.37. The molecule has 2 aromatic rings. The Hall–Kier alpha value is -0.650. The van der Waals surface area contributed by atoms with Crippen LogP contribution >= 0.6 is 47.8 Å². The SMILES string of the molecule is Cc1ccc(C(=O)Nc2c(Br)cccc2Br)cc1Br. The van der Waals surface area contributed by atoms with E-state index in [1.807, 2.05) is 37.3 Å². The Morgan fingerprint density at radius 3 is 2.21 bits per heavy atom. The molecule has 0 unspecified atom stereocenters. The lowest BCUT2D eigenvalue weighted by atomic mass is 10.1. The van der Waals surface area contributed by atoms with Crippen LogP contribution in [-0.2, 0) is 0 Å². The van der Waals surface area contributed by atoms with Crippen LogP contribution in [0.1, 0.15) is 15.9 Å². The summed E-state index contributed by atoms with van der Waals surface area (Å²) in [5.74, 6) is -0.145. The van der Waals surface area contributed by atoms with E-state index in [-0.39, 0.29) is 5.91 Å². The van der Waals surface area contributed by atoms with Crippen LogP contribution in [0.3, 0.4) is 0 Å². The lowest BCUT2D eigenvalue weighted by Gasteiger charge is -2.10. The maximum atomic E-state index is 12.2. The standard InChI is InChI=1S/C14H10Br3NO/c1-8-5-6-9(7-12(8)17)14(19)18-13-10(15)3-2-4-11(13)16/h2-7H,1H3,(H,18,19). The number of carbonyl (C=O) groups excluding carboxylic acids is 1. The van der Waals surface area contributed by atoms with Gasteiger partial charge in [0.05, 0.1) is 5.69 Å². The maximum absolute atomic E-state index is 12.2. The Morgan fingerprint density at radius 2 is 1.63 bits per heavy atom. The fraction of sp³-hybridized carbons (Fsp3) is 0.0714. The molecule has 1 N–H and O–H groups in total. The summed E-state index contributed by atoms with van der Waals surface area (Å²) in [7, 11) is 0. The van der Waals surface area contributed by atoms with Gasteiger partial charge >= 0.3 is 0 Å². The Labute approximate surface area is 137 Å². The zero-order chi connectivity index (χ0) is 14.0. The minimum Gasteiger partial charge on any atom is -0.320 e. The summed E-state index contributed by atoms with van der Waals surface area (Å²) in [5, 5.41) is 2.89. The van der Waals surface area contributed by atoms with Crippen molar-refractivity contribution in [3.05, 3.63) is 60.9 Å². The summed E-state index contributed by atoms with van der Waals surface area (Å²) in [4.78, 5) is 12.2. The first-order valence-corrected chi connectivity index (χ1v) is 7.88. The van der Waals surface area contributed by atoms with Crippen LogP contribution in [0.25, 0.3) is 0 Å². The van der Waals surface area contributed by atoms with Crippen LogP contribution in [0.15, 0.2) is 49.8 Å². The number of carbonyl (C=O) groups is 1. The molecule has 0 aliphatic carbocycles. The number of para-hydroxylation sites is 1. The molecule has 0 aliphatic heterocycles. The summed E-state index contributed by atoms with van der Waals surface area (Å²) in [6, 6.07) is 11.2. The number of aryl methyl sites for hydroxylation is 1. The van der Waals surface area contributed by atoms with Gasteiger partial charge in [0.25, 0.3) is 5.91 Å². The third-order valence-corrected chi connectivity index (χ3v) is 4.81. The quantitative estimate of drug-likeness (QED) is 0.643. The van der Waals surface area contributed by atoms with Gasteiger partial charge in [-0.05, 0) is 68.6 Å². The summed E-state index contributed by atoms with van der Waals surface area (Å²) < 4.78 is 2.59. The normalized spacial score (nSPS) is 10.3. The molecule has 2 aromatic carbocycles. The number of nitrogens with one attached hydrogen (secondary N) is 1. The monoisotopic (exact) mass is 445 g/mol. The van der Waals surface area contributed by atoms with Gasteiger partial charge < -0.3 is 5.32 Å². The number of anilines is 1. The van der Waals surface area contributed by atoms with E-state index >= 15 is 0 Å². The van der Waals surface area contributed by atoms with Crippen LogP contribution in [0.2, 0.25) is 0 Å². The highest BCUT2D eigenvalue weighted by atomic mass is 79.9. The molecule has 0 saturated carbocycles. The summed E-state index contributed by atoms with van der Waals surface area (Å²) in [5.41, 5.74) is 2.43. The van der Waals surface area contributed by atoms with Crippen LogP contribution in [0, 0.1) is 6.92 Å². The largest absolute Gasteiger partial charge is 0.320 e. The molecule has 2 rings (SSSR count). The molecule has 0 saturated heterocycles. The average molecular weight is 448 g/mol. The zero-order valence-corrected chi connectivity index (χ0v) is 14.8. The van der Waals surface area contributed by atoms with E-state index in [1.165, 1.54) is 0 Å². The molecular formula is C14H10Br3NO. The number of hydrogen-bond acceptors (Lipinski definition) is 1. The van der Waals surface area contributed by atoms with Crippen molar-refractivity contribution >= 4 is 59.4 Å². The first-order valence-electron chi connectivity index (χ1n) is 5.50. The van der Waals surface area contributed by atoms with Gasteiger partial charge in [0.15, 0.2) is 0 Å². The van der Waals surface area contributed by atoms with Gasteiger partial charge in [-0.15, -0.1) is 0 Å². The maximum Gasteiger partial charge on any atom is 0.255 e. The van der Waals surface area contributed by atoms with Crippen LogP contribution < -0.4 is 5.32 Å². The second-order valence-corrected chi connectivity index (χ2v) is 6.58. The van der Waals surface area contributed by atoms with Gasteiger partial charge in [0, 0.05) is 19.0 Å². The van der Waals surface area contributed by atoms with Gasteiger partial charge in [-0.1, -0.05) is 28.1 Å². The Kier molecular flexibility index (Phi) is 4.81. The molecule has 0 aromatic heterocycles. The Balaban J connectivity index is 2.28. The topological polar surface area (TPSA) is 29.1 Å². The molecule has 5 heteroatoms. The van der Waals surface area contributed by atoms with E-state index in [1.54, 1.807) is 6.07 Å². The summed E-state index contributed by atoms with van der Waals surface area (Å²) >= 11 is 10.3. The Morgan fingerprint density at radius 1 is 1.00 bits per heavy atom. The van der Waals surface area contributed by atoms with Crippen molar-refractivity contribution in [2.75, 3.05) is 5.32 Å². The van der Waals surface area contributed by atoms with Crippen molar-refractivity contribution in [1.82, 2.24) is 0 Å². The van der Waals surface area contributed by atoms with Crippen LogP contribution in [0.5, 0.6) is 0 Å². The first-order chi connectivity index (χ1) is 8.99. The van der Waals surface area contributed by atoms with Crippen molar-refractivity contribution in [3.63, 3.8) is 0 Å². The molecule has 0 spiro atoms. The summed E-state index contributed by atoms with van der Waals surface area (Å²) in [6.45, 7) is 1.98. The van der Waals surface area contributed by atoms with Crippen molar-refractivity contribution in [1.29, 1.82) is 0 Å². The van der Waals surface area contributed by atoms with Crippen molar-refractivity contribution in [2.45, 2.75) is 6.92 Å². The van der Waals surface area contributed by atoms with E-state index in [0.29, 0.717) is 5.56 Å². The fourth-order valence-electron chi connectivity index (χ4n) is 1.54. The van der Waals surface area contributed by atoms with Gasteiger partial charge in [-0.25, -0.2) is 0 Å². The number of halogens is 3.